The van der Waals surface area contributed by atoms with Crippen LogP contribution in [0.1, 0.15) is 78.7 Å². The molecule has 7 rings (SSSR count). The van der Waals surface area contributed by atoms with Crippen molar-refractivity contribution in [2.75, 3.05) is 26.2 Å². The van der Waals surface area contributed by atoms with Crippen molar-refractivity contribution in [2.24, 2.45) is 16.7 Å². The lowest BCUT2D eigenvalue weighted by atomic mass is 9.56. The summed E-state index contributed by atoms with van der Waals surface area (Å²) in [5.74, 6) is 3.41. The van der Waals surface area contributed by atoms with Crippen LogP contribution in [0.25, 0.3) is 0 Å². The van der Waals surface area contributed by atoms with E-state index in [9.17, 15) is 23.2 Å². The molecule has 0 atom stereocenters. The largest absolute Gasteiger partial charge is 0.416 e. The Bertz CT molecular complexity index is 1280. The van der Waals surface area contributed by atoms with Crippen molar-refractivity contribution in [3.8, 4) is 6.07 Å². The molecule has 3 heterocycles. The summed E-state index contributed by atoms with van der Waals surface area (Å²) in [5.41, 5.74) is 0.405. The van der Waals surface area contributed by atoms with Crippen LogP contribution in [-0.2, 0) is 12.6 Å². The molecule has 2 saturated heterocycles. The quantitative estimate of drug-likeness (QED) is 0.638. The summed E-state index contributed by atoms with van der Waals surface area (Å²) < 4.78 is 38.8. The Kier molecular flexibility index (Phi) is 4.81. The summed E-state index contributed by atoms with van der Waals surface area (Å²) in [5, 5.41) is 18.0. The third-order valence-electron chi connectivity index (χ3n) is 9.39. The molecule has 2 aliphatic heterocycles. The third kappa shape index (κ3) is 3.89. The highest BCUT2D eigenvalue weighted by Gasteiger charge is 2.58. The molecule has 3 aliphatic carbocycles. The van der Waals surface area contributed by atoms with Crippen LogP contribution in [-0.4, -0.2) is 57.2 Å². The highest BCUT2D eigenvalue weighted by atomic mass is 19.4. The number of hydrogen-bond acceptors (Lipinski definition) is 4. The van der Waals surface area contributed by atoms with Gasteiger partial charge in [0.05, 0.1) is 17.2 Å². The molecule has 5 aliphatic rings. The molecule has 0 bridgehead atoms. The van der Waals surface area contributed by atoms with Crippen molar-refractivity contribution in [3.05, 3.63) is 46.5 Å². The van der Waals surface area contributed by atoms with E-state index in [0.717, 1.165) is 75.6 Å². The highest BCUT2D eigenvalue weighted by Crippen LogP contribution is 2.57. The molecule has 0 unspecified atom stereocenters. The van der Waals surface area contributed by atoms with E-state index in [2.05, 4.69) is 15.2 Å². The number of H-pyrrole nitrogens is 1. The van der Waals surface area contributed by atoms with Crippen molar-refractivity contribution in [1.29, 1.82) is 5.26 Å². The predicted octanol–water partition coefficient (Wildman–Crippen LogP) is 4.83. The number of carbonyl (C=O) groups excluding carboxylic acids is 1. The van der Waals surface area contributed by atoms with Gasteiger partial charge in [-0.15, -0.1) is 10.2 Å². The second-order valence-electron chi connectivity index (χ2n) is 12.4. The van der Waals surface area contributed by atoms with E-state index in [1.165, 1.54) is 18.9 Å². The van der Waals surface area contributed by atoms with Crippen molar-refractivity contribution in [3.63, 3.8) is 0 Å². The Balaban J connectivity index is 0.861. The Morgan fingerprint density at radius 1 is 1.00 bits per heavy atom. The summed E-state index contributed by atoms with van der Waals surface area (Å²) in [6.07, 6.45) is 2.62. The summed E-state index contributed by atoms with van der Waals surface area (Å²) in [6, 6.07) is 5.52. The van der Waals surface area contributed by atoms with E-state index in [0.29, 0.717) is 29.7 Å². The number of aromatic amines is 1. The van der Waals surface area contributed by atoms with Crippen molar-refractivity contribution in [1.82, 2.24) is 25.0 Å². The summed E-state index contributed by atoms with van der Waals surface area (Å²) in [4.78, 5) is 20.3. The third-order valence-corrected chi connectivity index (χ3v) is 9.39. The van der Waals surface area contributed by atoms with Gasteiger partial charge >= 0.3 is 12.2 Å². The Labute approximate surface area is 213 Å². The molecule has 2 amide bonds. The molecule has 2 aromatic rings. The monoisotopic (exact) mass is 510 g/mol. The Hall–Kier alpha value is -3.09. The zero-order valence-electron chi connectivity index (χ0n) is 20.5. The molecule has 1 N–H and O–H groups in total. The average molecular weight is 511 g/mol. The molecule has 37 heavy (non-hydrogen) atoms. The lowest BCUT2D eigenvalue weighted by Crippen LogP contribution is -2.70. The normalized spacial score (nSPS) is 24.3. The van der Waals surface area contributed by atoms with Crippen molar-refractivity contribution in [2.45, 2.75) is 63.0 Å². The zero-order chi connectivity index (χ0) is 25.6. The first-order valence-electron chi connectivity index (χ1n) is 13.2. The standard InChI is InChI=1S/C27H29F3N6O/c28-27(29,30)21-4-3-18(19(6-21)11-31)5-16-7-25(8-16)12-35(13-25)24(37)36-14-26(15-36)9-20(10-26)23-32-22(33-34-23)17-1-2-17/h3-4,6,16-17,20H,1-2,5,7-10,12-15H2,(H,32,33,34). The lowest BCUT2D eigenvalue weighted by Gasteiger charge is -2.63. The summed E-state index contributed by atoms with van der Waals surface area (Å²) in [6.45, 7) is 3.16. The number of likely N-dealkylation sites (tertiary alicyclic amines) is 2. The van der Waals surface area contributed by atoms with Gasteiger partial charge in [-0.2, -0.15) is 18.4 Å². The van der Waals surface area contributed by atoms with Gasteiger partial charge in [0.15, 0.2) is 0 Å². The van der Waals surface area contributed by atoms with E-state index in [1.807, 2.05) is 15.9 Å². The maximum atomic E-state index is 13.0. The minimum Gasteiger partial charge on any atom is -0.328 e. The number of nitrogens with zero attached hydrogens (tertiary/aromatic N) is 5. The number of amides is 2. The fourth-order valence-electron chi connectivity index (χ4n) is 7.36. The van der Waals surface area contributed by atoms with E-state index < -0.39 is 11.7 Å². The fourth-order valence-corrected chi connectivity index (χ4v) is 7.36. The van der Waals surface area contributed by atoms with Crippen LogP contribution >= 0.6 is 0 Å². The number of nitrogens with one attached hydrogen (secondary N) is 1. The summed E-state index contributed by atoms with van der Waals surface area (Å²) >= 11 is 0. The van der Waals surface area contributed by atoms with Gasteiger partial charge < -0.3 is 14.8 Å². The van der Waals surface area contributed by atoms with Gasteiger partial charge in [-0.1, -0.05) is 6.07 Å². The van der Waals surface area contributed by atoms with Crippen LogP contribution < -0.4 is 0 Å². The van der Waals surface area contributed by atoms with Crippen LogP contribution in [0, 0.1) is 28.1 Å². The Morgan fingerprint density at radius 3 is 2.16 bits per heavy atom. The fraction of sp³-hybridized carbons (Fsp3) is 0.630. The van der Waals surface area contributed by atoms with E-state index in [-0.39, 0.29) is 22.4 Å². The molecule has 1 aromatic heterocycles. The number of benzene rings is 1. The number of rotatable bonds is 4. The van der Waals surface area contributed by atoms with Gasteiger partial charge in [0.2, 0.25) is 0 Å². The first-order chi connectivity index (χ1) is 17.6. The topological polar surface area (TPSA) is 88.9 Å². The first kappa shape index (κ1) is 23.1. The molecule has 7 nitrogen and oxygen atoms in total. The van der Waals surface area contributed by atoms with Gasteiger partial charge in [-0.25, -0.2) is 4.79 Å². The number of urea groups is 1. The molecular weight excluding hydrogens is 481 g/mol. The minimum atomic E-state index is -4.44. The molecule has 0 radical (unpaired) electrons. The van der Waals surface area contributed by atoms with Gasteiger partial charge in [-0.3, -0.25) is 0 Å². The number of alkyl halides is 3. The van der Waals surface area contributed by atoms with Gasteiger partial charge in [0.25, 0.3) is 0 Å². The Morgan fingerprint density at radius 2 is 1.59 bits per heavy atom. The lowest BCUT2D eigenvalue weighted by molar-refractivity contribution is -0.137. The maximum absolute atomic E-state index is 13.0. The average Bonchev–Trinajstić information content (AvgIpc) is 3.49. The van der Waals surface area contributed by atoms with Crippen LogP contribution in [0.4, 0.5) is 18.0 Å². The molecule has 1 aromatic carbocycles. The second kappa shape index (κ2) is 7.71. The van der Waals surface area contributed by atoms with E-state index in [1.54, 1.807) is 0 Å². The number of halogens is 3. The van der Waals surface area contributed by atoms with Crippen LogP contribution in [0.15, 0.2) is 18.2 Å². The first-order valence-corrected chi connectivity index (χ1v) is 13.2. The highest BCUT2D eigenvalue weighted by molar-refractivity contribution is 5.77. The smallest absolute Gasteiger partial charge is 0.328 e. The number of carbonyl (C=O) groups is 1. The SMILES string of the molecule is N#Cc1cc(C(F)(F)F)ccc1CC1CC2(C1)CN(C(=O)N1CC3(CC(c4nnc(C5CC5)[nH]4)C3)C1)C2. The molecule has 10 heteroatoms. The molecule has 3 saturated carbocycles. The predicted molar refractivity (Wildman–Crippen MR) is 126 cm³/mol. The van der Waals surface area contributed by atoms with Crippen LogP contribution in [0.2, 0.25) is 0 Å². The summed E-state index contributed by atoms with van der Waals surface area (Å²) in [7, 11) is 0. The molecular formula is C27H29F3N6O. The molecule has 5 fully saturated rings. The van der Waals surface area contributed by atoms with Crippen molar-refractivity contribution < 1.29 is 18.0 Å². The minimum absolute atomic E-state index is 0.109. The van der Waals surface area contributed by atoms with E-state index >= 15 is 0 Å². The van der Waals surface area contributed by atoms with E-state index in [4.69, 9.17) is 0 Å². The van der Waals surface area contributed by atoms with Gasteiger partial charge in [0, 0.05) is 48.8 Å². The number of nitriles is 1. The van der Waals surface area contributed by atoms with Crippen molar-refractivity contribution >= 4 is 6.03 Å². The maximum Gasteiger partial charge on any atom is 0.416 e. The van der Waals surface area contributed by atoms with Crippen LogP contribution in [0.5, 0.6) is 0 Å². The van der Waals surface area contributed by atoms with Crippen LogP contribution in [0.3, 0.4) is 0 Å². The van der Waals surface area contributed by atoms with Gasteiger partial charge in [-0.05, 0) is 68.6 Å². The zero-order valence-corrected chi connectivity index (χ0v) is 20.5. The number of hydrogen-bond donors (Lipinski definition) is 1. The second-order valence-corrected chi connectivity index (χ2v) is 12.4. The molecule has 2 spiro atoms. The molecule has 194 valence electrons. The van der Waals surface area contributed by atoms with Gasteiger partial charge in [0.1, 0.15) is 11.6 Å². The number of aromatic nitrogens is 3.